The van der Waals surface area contributed by atoms with Crippen LogP contribution < -0.4 is 20.9 Å². The number of hydrogen-bond acceptors (Lipinski definition) is 13. The number of nitrogens with zero attached hydrogens (tertiary/aromatic N) is 8. The molecule has 0 saturated carbocycles. The van der Waals surface area contributed by atoms with Gasteiger partial charge in [0.2, 0.25) is 0 Å². The number of aromatic carboxylic acids is 1. The molecule has 55 heavy (non-hydrogen) atoms. The maximum atomic E-state index is 12.4. The number of hydrogen-bond donors (Lipinski definition) is 5. The molecule has 0 aliphatic heterocycles. The average Bonchev–Trinajstić information content (AvgIpc) is 3.72. The molecule has 4 aromatic heterocycles. The molecule has 0 bridgehead atoms. The lowest BCUT2D eigenvalue weighted by Crippen LogP contribution is -2.35. The third-order valence-corrected chi connectivity index (χ3v) is 7.36. The van der Waals surface area contributed by atoms with Gasteiger partial charge in [0.1, 0.15) is 44.3 Å². The number of carboxylic acid groups (broad SMARTS) is 1. The molecule has 0 spiro atoms. The molecule has 0 aliphatic carbocycles. The van der Waals surface area contributed by atoms with E-state index in [1.54, 1.807) is 48.5 Å². The molecule has 2 atom stereocenters. The largest absolute Gasteiger partial charge is 0.477 e. The van der Waals surface area contributed by atoms with E-state index >= 15 is 0 Å². The maximum Gasteiger partial charge on any atom is 0.415 e. The summed E-state index contributed by atoms with van der Waals surface area (Å²) in [6, 6.07) is 2.86. The number of carboxylic acids is 1. The molecule has 2 unspecified atom stereocenters. The number of halogens is 2. The molecular formula is C34H50Cl2N10O9. The molecule has 21 heteroatoms. The van der Waals surface area contributed by atoms with E-state index in [1.807, 2.05) is 6.92 Å². The molecule has 4 rings (SSSR count). The zero-order valence-corrected chi connectivity index (χ0v) is 34.0. The SMILES string of the molecule is CC(CN)CO.CC(CO)CNC(=O)c1cnn2c(N(C)C(=O)OC(C)(C)C)cc(Cl)nc12.CN(C(=O)OC(C)(C)C)c1cc(Cl)nc2c(C(=O)O)cnn12. The van der Waals surface area contributed by atoms with Crippen molar-refractivity contribution >= 4 is 70.2 Å². The van der Waals surface area contributed by atoms with Crippen molar-refractivity contribution < 1.29 is 44.0 Å². The number of ether oxygens (including phenoxy) is 2. The Bertz CT molecular complexity index is 1950. The number of nitrogens with one attached hydrogen (secondary N) is 1. The van der Waals surface area contributed by atoms with E-state index in [0.29, 0.717) is 18.9 Å². The maximum absolute atomic E-state index is 12.4. The van der Waals surface area contributed by atoms with Crippen LogP contribution in [0.15, 0.2) is 24.5 Å². The summed E-state index contributed by atoms with van der Waals surface area (Å²) < 4.78 is 13.2. The summed E-state index contributed by atoms with van der Waals surface area (Å²) in [4.78, 5) is 58.6. The standard InChI is InChI=1S/C17H24ClN5O4.C13H15ClN4O4.C4H11NO/c1-10(9-24)7-19-15(25)11-8-20-23-13(6-12(18)21-14(11)23)22(5)16(26)27-17(2,3)4;1-13(2,3)22-12(21)17(4)9-5-8(14)16-10-7(11(19)20)6-15-18(9)10;1-4(2-5)3-6/h6,8,10,24H,7,9H2,1-5H3,(H,19,25);5-6H,1-4H3,(H,19,20);4,6H,2-3,5H2,1H3. The quantitative estimate of drug-likeness (QED) is 0.149. The first-order valence-corrected chi connectivity index (χ1v) is 17.6. The van der Waals surface area contributed by atoms with Crippen molar-refractivity contribution in [1.29, 1.82) is 0 Å². The topological polar surface area (TPSA) is 252 Å². The van der Waals surface area contributed by atoms with Crippen LogP contribution in [-0.2, 0) is 9.47 Å². The number of rotatable bonds is 9. The van der Waals surface area contributed by atoms with Crippen LogP contribution in [0.3, 0.4) is 0 Å². The Morgan fingerprint density at radius 3 is 1.55 bits per heavy atom. The molecular weight excluding hydrogens is 763 g/mol. The molecule has 4 heterocycles. The molecule has 6 N–H and O–H groups in total. The molecule has 3 amide bonds. The summed E-state index contributed by atoms with van der Waals surface area (Å²) >= 11 is 12.0. The summed E-state index contributed by atoms with van der Waals surface area (Å²) in [7, 11) is 2.99. The number of anilines is 2. The van der Waals surface area contributed by atoms with Crippen LogP contribution >= 0.6 is 23.2 Å². The van der Waals surface area contributed by atoms with Crippen LogP contribution in [-0.4, -0.2) is 120 Å². The summed E-state index contributed by atoms with van der Waals surface area (Å²) in [6.45, 7) is 15.3. The first kappa shape index (κ1) is 46.3. The minimum Gasteiger partial charge on any atom is -0.477 e. The summed E-state index contributed by atoms with van der Waals surface area (Å²) in [5.41, 5.74) is 4.14. The molecule has 4 aromatic rings. The fraction of sp³-hybridized carbons (Fsp3) is 0.529. The van der Waals surface area contributed by atoms with Crippen molar-refractivity contribution in [2.45, 2.75) is 66.6 Å². The lowest BCUT2D eigenvalue weighted by Gasteiger charge is -2.24. The van der Waals surface area contributed by atoms with Gasteiger partial charge in [0.15, 0.2) is 11.3 Å². The molecule has 0 fully saturated rings. The average molecular weight is 814 g/mol. The van der Waals surface area contributed by atoms with Gasteiger partial charge < -0.3 is 35.8 Å². The highest BCUT2D eigenvalue weighted by Gasteiger charge is 2.26. The molecule has 0 radical (unpaired) electrons. The van der Waals surface area contributed by atoms with E-state index in [9.17, 15) is 19.2 Å². The van der Waals surface area contributed by atoms with Crippen molar-refractivity contribution in [3.8, 4) is 0 Å². The number of nitrogens with two attached hydrogens (primary N) is 1. The lowest BCUT2D eigenvalue weighted by atomic mass is 10.2. The van der Waals surface area contributed by atoms with Crippen LogP contribution in [0.5, 0.6) is 0 Å². The fourth-order valence-corrected chi connectivity index (χ4v) is 4.33. The Kier molecular flexibility index (Phi) is 16.6. The van der Waals surface area contributed by atoms with E-state index < -0.39 is 35.3 Å². The number of aliphatic hydroxyl groups is 2. The van der Waals surface area contributed by atoms with Gasteiger partial charge in [0.05, 0.1) is 12.4 Å². The second-order valence-electron chi connectivity index (χ2n) is 14.4. The van der Waals surface area contributed by atoms with Gasteiger partial charge >= 0.3 is 18.2 Å². The predicted octanol–water partition coefficient (Wildman–Crippen LogP) is 4.14. The van der Waals surface area contributed by atoms with E-state index in [-0.39, 0.29) is 63.6 Å². The van der Waals surface area contributed by atoms with E-state index in [0.717, 1.165) is 6.20 Å². The number of aromatic nitrogens is 6. The predicted molar refractivity (Wildman–Crippen MR) is 206 cm³/mol. The highest BCUT2D eigenvalue weighted by atomic mass is 35.5. The van der Waals surface area contributed by atoms with Crippen molar-refractivity contribution in [2.24, 2.45) is 17.6 Å². The normalized spacial score (nSPS) is 12.4. The Morgan fingerprint density at radius 2 is 1.20 bits per heavy atom. The third-order valence-electron chi connectivity index (χ3n) is 6.98. The second-order valence-corrected chi connectivity index (χ2v) is 15.1. The van der Waals surface area contributed by atoms with Gasteiger partial charge in [-0.3, -0.25) is 14.6 Å². The number of aliphatic hydroxyl groups excluding tert-OH is 2. The zero-order chi connectivity index (χ0) is 42.0. The first-order chi connectivity index (χ1) is 25.4. The van der Waals surface area contributed by atoms with E-state index in [2.05, 4.69) is 25.5 Å². The highest BCUT2D eigenvalue weighted by Crippen LogP contribution is 2.25. The van der Waals surface area contributed by atoms with Gasteiger partial charge in [-0.15, -0.1) is 0 Å². The van der Waals surface area contributed by atoms with E-state index in [1.165, 1.54) is 51.3 Å². The van der Waals surface area contributed by atoms with Gasteiger partial charge in [-0.1, -0.05) is 37.0 Å². The van der Waals surface area contributed by atoms with E-state index in [4.69, 9.17) is 53.7 Å². The van der Waals surface area contributed by atoms with Gasteiger partial charge in [-0.25, -0.2) is 24.4 Å². The Morgan fingerprint density at radius 1 is 0.800 bits per heavy atom. The molecule has 0 aromatic carbocycles. The summed E-state index contributed by atoms with van der Waals surface area (Å²) in [5, 5.41) is 37.4. The number of carbonyl (C=O) groups excluding carboxylic acids is 3. The van der Waals surface area contributed by atoms with Gasteiger partial charge in [0.25, 0.3) is 5.91 Å². The Labute approximate surface area is 328 Å². The first-order valence-electron chi connectivity index (χ1n) is 16.9. The summed E-state index contributed by atoms with van der Waals surface area (Å²) in [6.07, 6.45) is 1.28. The number of carbonyl (C=O) groups is 4. The lowest BCUT2D eigenvalue weighted by molar-refractivity contribution is 0.0577. The monoisotopic (exact) mass is 812 g/mol. The van der Waals surface area contributed by atoms with Crippen LogP contribution in [0.4, 0.5) is 21.2 Å². The van der Waals surface area contributed by atoms with Crippen LogP contribution in [0, 0.1) is 11.8 Å². The number of amides is 3. The van der Waals surface area contributed by atoms with Crippen molar-refractivity contribution in [2.75, 3.05) is 50.2 Å². The van der Waals surface area contributed by atoms with Gasteiger partial charge in [-0.05, 0) is 59.9 Å². The van der Waals surface area contributed by atoms with Crippen LogP contribution in [0.2, 0.25) is 10.3 Å². The number of fused-ring (bicyclic) bond motifs is 2. The summed E-state index contributed by atoms with van der Waals surface area (Å²) in [5.74, 6) is -0.841. The Balaban J connectivity index is 0.000000336. The van der Waals surface area contributed by atoms with Crippen molar-refractivity contribution in [3.05, 3.63) is 46.0 Å². The minimum atomic E-state index is -1.18. The smallest absolute Gasteiger partial charge is 0.415 e. The van der Waals surface area contributed by atoms with Gasteiger partial charge in [0, 0.05) is 46.0 Å². The molecule has 19 nitrogen and oxygen atoms in total. The van der Waals surface area contributed by atoms with Crippen molar-refractivity contribution in [1.82, 2.24) is 34.5 Å². The van der Waals surface area contributed by atoms with Crippen LogP contribution in [0.1, 0.15) is 76.1 Å². The third kappa shape index (κ3) is 13.5. The highest BCUT2D eigenvalue weighted by molar-refractivity contribution is 6.30. The van der Waals surface area contributed by atoms with Gasteiger partial charge in [-0.2, -0.15) is 19.2 Å². The molecule has 0 aliphatic rings. The minimum absolute atomic E-state index is 0.0377. The zero-order valence-electron chi connectivity index (χ0n) is 32.5. The second kappa shape index (κ2) is 19.7. The molecule has 304 valence electrons. The molecule has 0 saturated heterocycles. The van der Waals surface area contributed by atoms with Crippen molar-refractivity contribution in [3.63, 3.8) is 0 Å². The fourth-order valence-electron chi connectivity index (χ4n) is 3.97. The van der Waals surface area contributed by atoms with Crippen LogP contribution in [0.25, 0.3) is 11.3 Å². The Hall–Kier alpha value is -4.82.